The van der Waals surface area contributed by atoms with Crippen LogP contribution in [0.3, 0.4) is 0 Å². The molecule has 1 saturated heterocycles. The van der Waals surface area contributed by atoms with Gasteiger partial charge in [0.25, 0.3) is 0 Å². The highest BCUT2D eigenvalue weighted by Crippen LogP contribution is 2.27. The average molecular weight is 181 g/mol. The summed E-state index contributed by atoms with van der Waals surface area (Å²) in [5.41, 5.74) is 0.970. The molecular weight excluding hydrogens is 170 g/mol. The molecule has 70 valence electrons. The molecule has 0 aliphatic carbocycles. The molecule has 1 aromatic heterocycles. The van der Waals surface area contributed by atoms with E-state index in [-0.39, 0.29) is 5.92 Å². The third kappa shape index (κ3) is 1.45. The van der Waals surface area contributed by atoms with Crippen LogP contribution in [0.15, 0.2) is 23.0 Å². The first kappa shape index (κ1) is 8.31. The SMILES string of the molecule is O=C(O)C1NCCC1c1ccoc1. The summed E-state index contributed by atoms with van der Waals surface area (Å²) in [5.74, 6) is -0.736. The fourth-order valence-corrected chi connectivity index (χ4v) is 1.81. The highest BCUT2D eigenvalue weighted by Gasteiger charge is 2.33. The molecule has 0 saturated carbocycles. The molecule has 2 heterocycles. The Morgan fingerprint density at radius 3 is 3.15 bits per heavy atom. The predicted octanol–water partition coefficient (Wildman–Crippen LogP) is 0.810. The number of rotatable bonds is 2. The highest BCUT2D eigenvalue weighted by molar-refractivity contribution is 5.75. The summed E-state index contributed by atoms with van der Waals surface area (Å²) < 4.78 is 4.93. The van der Waals surface area contributed by atoms with E-state index >= 15 is 0 Å². The summed E-state index contributed by atoms with van der Waals surface area (Å²) >= 11 is 0. The van der Waals surface area contributed by atoms with Gasteiger partial charge in [-0.3, -0.25) is 4.79 Å². The van der Waals surface area contributed by atoms with Gasteiger partial charge in [0.2, 0.25) is 0 Å². The number of nitrogens with one attached hydrogen (secondary N) is 1. The van der Waals surface area contributed by atoms with Gasteiger partial charge >= 0.3 is 5.97 Å². The largest absolute Gasteiger partial charge is 0.480 e. The normalized spacial score (nSPS) is 27.7. The quantitative estimate of drug-likeness (QED) is 0.708. The van der Waals surface area contributed by atoms with Crippen molar-refractivity contribution in [1.29, 1.82) is 0 Å². The van der Waals surface area contributed by atoms with E-state index in [1.54, 1.807) is 12.5 Å². The van der Waals surface area contributed by atoms with Crippen LogP contribution in [0.2, 0.25) is 0 Å². The maximum absolute atomic E-state index is 10.8. The van der Waals surface area contributed by atoms with E-state index in [0.29, 0.717) is 0 Å². The molecule has 2 unspecified atom stereocenters. The molecule has 0 spiro atoms. The molecule has 1 fully saturated rings. The lowest BCUT2D eigenvalue weighted by atomic mass is 9.94. The Labute approximate surface area is 75.6 Å². The first-order valence-corrected chi connectivity index (χ1v) is 4.27. The molecule has 2 rings (SSSR count). The zero-order valence-electron chi connectivity index (χ0n) is 7.06. The third-order valence-corrected chi connectivity index (χ3v) is 2.46. The summed E-state index contributed by atoms with van der Waals surface area (Å²) in [6.07, 6.45) is 4.05. The van der Waals surface area contributed by atoms with Crippen LogP contribution >= 0.6 is 0 Å². The first-order valence-electron chi connectivity index (χ1n) is 4.27. The number of hydrogen-bond acceptors (Lipinski definition) is 3. The van der Waals surface area contributed by atoms with Crippen molar-refractivity contribution in [3.05, 3.63) is 24.2 Å². The van der Waals surface area contributed by atoms with E-state index in [2.05, 4.69) is 5.32 Å². The lowest BCUT2D eigenvalue weighted by Gasteiger charge is -2.12. The third-order valence-electron chi connectivity index (χ3n) is 2.46. The second-order valence-corrected chi connectivity index (χ2v) is 3.22. The number of carboxylic acids is 1. The molecule has 4 heteroatoms. The lowest BCUT2D eigenvalue weighted by molar-refractivity contribution is -0.139. The lowest BCUT2D eigenvalue weighted by Crippen LogP contribution is -2.34. The summed E-state index contributed by atoms with van der Waals surface area (Å²) in [5, 5.41) is 11.8. The number of hydrogen-bond donors (Lipinski definition) is 2. The van der Waals surface area contributed by atoms with E-state index in [1.165, 1.54) is 0 Å². The van der Waals surface area contributed by atoms with Gasteiger partial charge in [-0.15, -0.1) is 0 Å². The standard InChI is InChI=1S/C9H11NO3/c11-9(12)8-7(1-3-10-8)6-2-4-13-5-6/h2,4-5,7-8,10H,1,3H2,(H,11,12). The van der Waals surface area contributed by atoms with E-state index in [4.69, 9.17) is 9.52 Å². The fraction of sp³-hybridized carbons (Fsp3) is 0.444. The molecule has 1 aliphatic heterocycles. The second kappa shape index (κ2) is 3.22. The maximum atomic E-state index is 10.8. The van der Waals surface area contributed by atoms with Crippen LogP contribution in [-0.4, -0.2) is 23.7 Å². The van der Waals surface area contributed by atoms with Gasteiger partial charge in [-0.25, -0.2) is 0 Å². The molecule has 0 radical (unpaired) electrons. The monoisotopic (exact) mass is 181 g/mol. The van der Waals surface area contributed by atoms with E-state index in [1.807, 2.05) is 6.07 Å². The van der Waals surface area contributed by atoms with Gasteiger partial charge < -0.3 is 14.8 Å². The maximum Gasteiger partial charge on any atom is 0.321 e. The van der Waals surface area contributed by atoms with Crippen molar-refractivity contribution in [1.82, 2.24) is 5.32 Å². The van der Waals surface area contributed by atoms with Crippen LogP contribution in [-0.2, 0) is 4.79 Å². The molecule has 0 amide bonds. The minimum atomic E-state index is -0.788. The molecule has 1 aromatic rings. The van der Waals surface area contributed by atoms with Crippen LogP contribution in [0.5, 0.6) is 0 Å². The van der Waals surface area contributed by atoms with Gasteiger partial charge in [0.15, 0.2) is 0 Å². The van der Waals surface area contributed by atoms with Gasteiger partial charge in [-0.2, -0.15) is 0 Å². The van der Waals surface area contributed by atoms with Gasteiger partial charge in [0.05, 0.1) is 12.5 Å². The van der Waals surface area contributed by atoms with Gasteiger partial charge in [-0.05, 0) is 24.6 Å². The van der Waals surface area contributed by atoms with Crippen molar-refractivity contribution in [2.24, 2.45) is 0 Å². The van der Waals surface area contributed by atoms with Crippen molar-refractivity contribution in [3.63, 3.8) is 0 Å². The van der Waals surface area contributed by atoms with Crippen LogP contribution in [0.4, 0.5) is 0 Å². The van der Waals surface area contributed by atoms with Gasteiger partial charge in [-0.1, -0.05) is 0 Å². The Balaban J connectivity index is 2.19. The topological polar surface area (TPSA) is 62.5 Å². The zero-order valence-corrected chi connectivity index (χ0v) is 7.06. The first-order chi connectivity index (χ1) is 6.29. The molecule has 0 bridgehead atoms. The van der Waals surface area contributed by atoms with E-state index < -0.39 is 12.0 Å². The molecule has 2 atom stereocenters. The molecule has 2 N–H and O–H groups in total. The van der Waals surface area contributed by atoms with E-state index in [0.717, 1.165) is 18.5 Å². The highest BCUT2D eigenvalue weighted by atomic mass is 16.4. The smallest absolute Gasteiger partial charge is 0.321 e. The van der Waals surface area contributed by atoms with Crippen LogP contribution in [0.25, 0.3) is 0 Å². The molecule has 4 nitrogen and oxygen atoms in total. The summed E-state index contributed by atoms with van der Waals surface area (Å²) in [6.45, 7) is 0.757. The second-order valence-electron chi connectivity index (χ2n) is 3.22. The Kier molecular flexibility index (Phi) is 2.06. The average Bonchev–Trinajstić information content (AvgIpc) is 2.74. The fourth-order valence-electron chi connectivity index (χ4n) is 1.81. The Bertz CT molecular complexity index is 294. The summed E-state index contributed by atoms with van der Waals surface area (Å²) in [7, 11) is 0. The Morgan fingerprint density at radius 2 is 2.54 bits per heavy atom. The Hall–Kier alpha value is -1.29. The van der Waals surface area contributed by atoms with Crippen molar-refractivity contribution < 1.29 is 14.3 Å². The molecule has 0 aromatic carbocycles. The number of furan rings is 1. The van der Waals surface area contributed by atoms with Crippen LogP contribution < -0.4 is 5.32 Å². The predicted molar refractivity (Wildman–Crippen MR) is 45.5 cm³/mol. The minimum Gasteiger partial charge on any atom is -0.480 e. The van der Waals surface area contributed by atoms with Crippen molar-refractivity contribution in [2.45, 2.75) is 18.4 Å². The van der Waals surface area contributed by atoms with Crippen molar-refractivity contribution in [2.75, 3.05) is 6.54 Å². The molecular formula is C9H11NO3. The van der Waals surface area contributed by atoms with Crippen molar-refractivity contribution in [3.8, 4) is 0 Å². The van der Waals surface area contributed by atoms with Crippen LogP contribution in [0.1, 0.15) is 17.9 Å². The number of carboxylic acid groups (broad SMARTS) is 1. The van der Waals surface area contributed by atoms with Crippen molar-refractivity contribution >= 4 is 5.97 Å². The minimum absolute atomic E-state index is 0.0521. The van der Waals surface area contributed by atoms with Gasteiger partial charge in [0, 0.05) is 5.92 Å². The Morgan fingerprint density at radius 1 is 1.69 bits per heavy atom. The van der Waals surface area contributed by atoms with Gasteiger partial charge in [0.1, 0.15) is 6.04 Å². The summed E-state index contributed by atoms with van der Waals surface area (Å²) in [6, 6.07) is 1.37. The number of carbonyl (C=O) groups is 1. The molecule has 1 aliphatic rings. The van der Waals surface area contributed by atoms with Crippen LogP contribution in [0, 0.1) is 0 Å². The summed E-state index contributed by atoms with van der Waals surface area (Å²) in [4.78, 5) is 10.8. The van der Waals surface area contributed by atoms with E-state index in [9.17, 15) is 4.79 Å². The molecule has 13 heavy (non-hydrogen) atoms. The zero-order chi connectivity index (χ0) is 9.26. The number of aliphatic carboxylic acids is 1.